The van der Waals surface area contributed by atoms with Crippen molar-refractivity contribution in [2.45, 2.75) is 102 Å². The van der Waals surface area contributed by atoms with E-state index in [2.05, 4.69) is 32.7 Å². The van der Waals surface area contributed by atoms with Gasteiger partial charge in [0.15, 0.2) is 0 Å². The van der Waals surface area contributed by atoms with E-state index in [1.165, 1.54) is 14.2 Å². The molecule has 2 aromatic carbocycles. The number of benzene rings is 2. The van der Waals surface area contributed by atoms with E-state index >= 15 is 0 Å². The summed E-state index contributed by atoms with van der Waals surface area (Å²) in [7, 11) is 2.63. The molecule has 4 amide bonds. The van der Waals surface area contributed by atoms with Gasteiger partial charge in [-0.15, -0.1) is 0 Å². The maximum absolute atomic E-state index is 13.9. The number of nitrogens with one attached hydrogen (secondary N) is 4. The number of hydrogen-bond acceptors (Lipinski definition) is 10. The first-order valence-electron chi connectivity index (χ1n) is 21.3. The van der Waals surface area contributed by atoms with Crippen molar-refractivity contribution in [1.29, 1.82) is 0 Å². The maximum Gasteiger partial charge on any atom is 0.407 e. The highest BCUT2D eigenvalue weighted by atomic mass is 16.5. The van der Waals surface area contributed by atoms with Crippen LogP contribution in [0.4, 0.5) is 9.59 Å². The van der Waals surface area contributed by atoms with Gasteiger partial charge in [0.05, 0.1) is 50.1 Å². The molecule has 60 heavy (non-hydrogen) atoms. The van der Waals surface area contributed by atoms with E-state index in [0.29, 0.717) is 38.0 Å². The highest BCUT2D eigenvalue weighted by Gasteiger charge is 2.43. The molecule has 4 fully saturated rings. The van der Waals surface area contributed by atoms with Crippen molar-refractivity contribution < 1.29 is 38.1 Å². The topological polar surface area (TPSA) is 193 Å². The van der Waals surface area contributed by atoms with Gasteiger partial charge in [0.1, 0.15) is 48.4 Å². The van der Waals surface area contributed by atoms with Crippen LogP contribution >= 0.6 is 0 Å². The lowest BCUT2D eigenvalue weighted by atomic mass is 9.79. The Morgan fingerprint density at radius 3 is 1.47 bits per heavy atom. The first-order chi connectivity index (χ1) is 29.3. The smallest absolute Gasteiger partial charge is 0.407 e. The van der Waals surface area contributed by atoms with Gasteiger partial charge < -0.3 is 49.3 Å². The van der Waals surface area contributed by atoms with Crippen LogP contribution in [0.3, 0.4) is 0 Å². The molecule has 10 rings (SSSR count). The van der Waals surface area contributed by atoms with Gasteiger partial charge in [-0.25, -0.2) is 19.6 Å². The van der Waals surface area contributed by atoms with Crippen LogP contribution in [0, 0.1) is 11.8 Å². The third-order valence-electron chi connectivity index (χ3n) is 13.6. The van der Waals surface area contributed by atoms with E-state index in [4.69, 9.17) is 28.9 Å². The Labute approximate surface area is 347 Å². The number of aromatic nitrogens is 4. The summed E-state index contributed by atoms with van der Waals surface area (Å²) in [6.07, 6.45) is 11.4. The Morgan fingerprint density at radius 1 is 0.650 bits per heavy atom. The van der Waals surface area contributed by atoms with Gasteiger partial charge in [-0.1, -0.05) is 12.8 Å². The predicted octanol–water partition coefficient (Wildman–Crippen LogP) is 6.30. The molecular formula is C44H50N8O8. The van der Waals surface area contributed by atoms with E-state index < -0.39 is 24.3 Å². The van der Waals surface area contributed by atoms with Crippen LogP contribution in [-0.4, -0.2) is 93.1 Å². The number of nitrogens with zero attached hydrogens (tertiary/aromatic N) is 4. The number of ether oxygens (including phenoxy) is 4. The number of alkyl carbamates (subject to hydrolysis) is 2. The maximum atomic E-state index is 13.9. The molecule has 2 saturated carbocycles. The molecule has 2 aromatic heterocycles. The average Bonchev–Trinajstić information content (AvgIpc) is 4.07. The quantitative estimate of drug-likeness (QED) is 0.141. The number of carbonyl (C=O) groups excluding carboxylic acids is 4. The summed E-state index contributed by atoms with van der Waals surface area (Å²) in [5, 5.41) is 5.61. The zero-order chi connectivity index (χ0) is 41.1. The molecule has 2 aliphatic carbocycles. The minimum absolute atomic E-state index is 0.0872. The lowest BCUT2D eigenvalue weighted by Gasteiger charge is -2.36. The molecular weight excluding hydrogens is 769 g/mol. The van der Waals surface area contributed by atoms with Crippen molar-refractivity contribution in [3.63, 3.8) is 0 Å². The second-order valence-corrected chi connectivity index (χ2v) is 16.9. The molecule has 314 valence electrons. The van der Waals surface area contributed by atoms with Crippen LogP contribution < -0.4 is 20.1 Å². The SMILES string of the molecule is COC(=O)N[C@H](C(=O)N1CCCC1c1ncc(-c2cc3c4c(c2)OCc2cc(-c5cnc([C@@H]6CCCN6C(=O)[C@@H](NC(=O)OC)C6CCC6)[nH]5)cc(c2-4)OC3)[nH]1)C1CCC1. The van der Waals surface area contributed by atoms with Crippen LogP contribution in [0.5, 0.6) is 11.5 Å². The molecule has 4 aromatic rings. The molecule has 0 spiro atoms. The van der Waals surface area contributed by atoms with Crippen LogP contribution in [0.15, 0.2) is 36.7 Å². The molecule has 16 heteroatoms. The van der Waals surface area contributed by atoms with Crippen LogP contribution in [-0.2, 0) is 32.3 Å². The van der Waals surface area contributed by atoms with Crippen molar-refractivity contribution in [3.05, 3.63) is 59.4 Å². The van der Waals surface area contributed by atoms with Gasteiger partial charge in [-0.3, -0.25) is 9.59 Å². The molecule has 2 saturated heterocycles. The number of amides is 4. The monoisotopic (exact) mass is 818 g/mol. The fourth-order valence-electron chi connectivity index (χ4n) is 9.96. The van der Waals surface area contributed by atoms with Crippen molar-refractivity contribution >= 4 is 24.0 Å². The highest BCUT2D eigenvalue weighted by Crippen LogP contribution is 2.51. The number of aromatic amines is 2. The Kier molecular flexibility index (Phi) is 9.87. The minimum Gasteiger partial charge on any atom is -0.488 e. The largest absolute Gasteiger partial charge is 0.488 e. The number of likely N-dealkylation sites (tertiary alicyclic amines) is 2. The molecule has 0 bridgehead atoms. The molecule has 6 heterocycles. The van der Waals surface area contributed by atoms with E-state index in [9.17, 15) is 19.2 Å². The van der Waals surface area contributed by atoms with Crippen molar-refractivity contribution in [3.8, 4) is 45.1 Å². The number of carbonyl (C=O) groups is 4. The van der Waals surface area contributed by atoms with E-state index in [1.807, 2.05) is 34.3 Å². The first kappa shape index (κ1) is 38.2. The standard InChI is InChI=1S/C44H50N8O8/c1-57-43(55)49-37(23-7-3-8-23)41(53)51-13-5-11-31(51)39-45-19-29(47-39)25-15-27-21-60-34-18-26(16-28-22-59-33(17-25)35(27)36(28)34)30-20-46-40(48-30)32-12-6-14-52(32)42(54)38(24-9-4-10-24)50-44(56)58-2/h15-20,23-24,31-32,37-38H,3-14,21-22H2,1-2H3,(H,45,47)(H,46,48)(H,49,55)(H,50,56)/t31-,32?,37-,38-/m0/s1. The highest BCUT2D eigenvalue weighted by molar-refractivity contribution is 5.89. The van der Waals surface area contributed by atoms with Crippen molar-refractivity contribution in [2.24, 2.45) is 11.8 Å². The molecule has 0 radical (unpaired) electrons. The fourth-order valence-corrected chi connectivity index (χ4v) is 9.96. The van der Waals surface area contributed by atoms with Gasteiger partial charge in [0.2, 0.25) is 11.8 Å². The second kappa shape index (κ2) is 15.5. The van der Waals surface area contributed by atoms with Crippen LogP contribution in [0.1, 0.15) is 99.1 Å². The third-order valence-corrected chi connectivity index (χ3v) is 13.6. The molecule has 6 aliphatic rings. The van der Waals surface area contributed by atoms with E-state index in [1.54, 1.807) is 0 Å². The minimum atomic E-state index is -0.610. The van der Waals surface area contributed by atoms with Crippen molar-refractivity contribution in [1.82, 2.24) is 40.4 Å². The zero-order valence-electron chi connectivity index (χ0n) is 33.9. The number of rotatable bonds is 10. The number of hydrogen-bond donors (Lipinski definition) is 4. The average molecular weight is 819 g/mol. The van der Waals surface area contributed by atoms with Crippen LogP contribution in [0.25, 0.3) is 33.6 Å². The van der Waals surface area contributed by atoms with Gasteiger partial charge in [-0.05, 0) is 87.5 Å². The zero-order valence-corrected chi connectivity index (χ0v) is 33.9. The van der Waals surface area contributed by atoms with Gasteiger partial charge in [-0.2, -0.15) is 0 Å². The Bertz CT molecular complexity index is 2140. The summed E-state index contributed by atoms with van der Waals surface area (Å²) in [4.78, 5) is 72.3. The summed E-state index contributed by atoms with van der Waals surface area (Å²) < 4.78 is 22.6. The number of H-pyrrole nitrogens is 2. The summed E-state index contributed by atoms with van der Waals surface area (Å²) in [6.45, 7) is 1.91. The Morgan fingerprint density at radius 2 is 1.08 bits per heavy atom. The summed E-state index contributed by atoms with van der Waals surface area (Å²) in [5.41, 5.74) is 7.51. The fraction of sp³-hybridized carbons (Fsp3) is 0.500. The molecule has 1 unspecified atom stereocenters. The first-order valence-corrected chi connectivity index (χ1v) is 21.3. The number of methoxy groups -OCH3 is 2. The second-order valence-electron chi connectivity index (χ2n) is 16.9. The predicted molar refractivity (Wildman–Crippen MR) is 216 cm³/mol. The van der Waals surface area contributed by atoms with Gasteiger partial charge in [0, 0.05) is 46.5 Å². The lowest BCUT2D eigenvalue weighted by molar-refractivity contribution is -0.137. The van der Waals surface area contributed by atoms with E-state index in [0.717, 1.165) is 120 Å². The molecule has 4 N–H and O–H groups in total. The number of imidazole rings is 2. The van der Waals surface area contributed by atoms with Gasteiger partial charge in [0.25, 0.3) is 0 Å². The van der Waals surface area contributed by atoms with E-state index in [-0.39, 0.29) is 35.7 Å². The summed E-state index contributed by atoms with van der Waals surface area (Å²) >= 11 is 0. The Balaban J connectivity index is 0.871. The molecule has 4 aliphatic heterocycles. The van der Waals surface area contributed by atoms with Crippen LogP contribution in [0.2, 0.25) is 0 Å². The molecule has 4 atom stereocenters. The van der Waals surface area contributed by atoms with Gasteiger partial charge >= 0.3 is 12.2 Å². The molecule has 16 nitrogen and oxygen atoms in total. The summed E-state index contributed by atoms with van der Waals surface area (Å²) in [5.74, 6) is 3.02. The third kappa shape index (κ3) is 6.69. The Hall–Kier alpha value is -6.06. The van der Waals surface area contributed by atoms with Crippen molar-refractivity contribution in [2.75, 3.05) is 27.3 Å². The normalized spacial score (nSPS) is 21.4. The lowest BCUT2D eigenvalue weighted by Crippen LogP contribution is -2.53. The summed E-state index contributed by atoms with van der Waals surface area (Å²) in [6, 6.07) is 6.64.